The van der Waals surface area contributed by atoms with Gasteiger partial charge in [-0.15, -0.1) is 0 Å². The molecule has 0 saturated carbocycles. The molecule has 0 heterocycles. The summed E-state index contributed by atoms with van der Waals surface area (Å²) in [6.07, 6.45) is 13.2. The van der Waals surface area contributed by atoms with Crippen molar-refractivity contribution in [3.8, 4) is 0 Å². The molecule has 0 spiro atoms. The van der Waals surface area contributed by atoms with Crippen LogP contribution >= 0.6 is 7.26 Å². The van der Waals surface area contributed by atoms with Gasteiger partial charge in [-0.25, -0.2) is 0 Å². The third-order valence-electron chi connectivity index (χ3n) is 7.58. The first kappa shape index (κ1) is 28.6. The summed E-state index contributed by atoms with van der Waals surface area (Å²) < 4.78 is 6.49. The molecule has 3 aromatic rings. The van der Waals surface area contributed by atoms with Crippen molar-refractivity contribution in [2.75, 3.05) is 7.11 Å². The second kappa shape index (κ2) is 14.7. The Bertz CT molecular complexity index is 894. The molecule has 0 amide bonds. The first-order valence-corrected chi connectivity index (χ1v) is 16.0. The minimum atomic E-state index is -2.02. The van der Waals surface area contributed by atoms with Gasteiger partial charge in [0.2, 0.25) is 0 Å². The minimum Gasteiger partial charge on any atom is -0.346 e. The molecule has 36 heavy (non-hydrogen) atoms. The van der Waals surface area contributed by atoms with Gasteiger partial charge in [0.15, 0.2) is 5.85 Å². The fourth-order valence-electron chi connectivity index (χ4n) is 5.38. The van der Waals surface area contributed by atoms with Crippen LogP contribution < -0.4 is 15.9 Å². The maximum atomic E-state index is 6.49. The Labute approximate surface area is 222 Å². The van der Waals surface area contributed by atoms with E-state index in [1.807, 2.05) is 7.11 Å². The molecule has 0 aliphatic carbocycles. The molecule has 0 aliphatic heterocycles. The zero-order valence-corrected chi connectivity index (χ0v) is 24.3. The lowest BCUT2D eigenvalue weighted by atomic mass is 10.1. The molecule has 0 aliphatic rings. The quantitative estimate of drug-likeness (QED) is 0.149. The molecule has 1 unspecified atom stereocenters. The van der Waals surface area contributed by atoms with Crippen molar-refractivity contribution in [2.24, 2.45) is 0 Å². The molecular formula is C34H48OP+. The zero-order valence-electron chi connectivity index (χ0n) is 23.4. The third-order valence-corrected chi connectivity index (χ3v) is 12.3. The van der Waals surface area contributed by atoms with Gasteiger partial charge >= 0.3 is 0 Å². The number of hydrogen-bond acceptors (Lipinski definition) is 1. The van der Waals surface area contributed by atoms with Crippen LogP contribution in [0.5, 0.6) is 0 Å². The normalized spacial score (nSPS) is 12.6. The van der Waals surface area contributed by atoms with E-state index < -0.39 is 7.26 Å². The summed E-state index contributed by atoms with van der Waals surface area (Å²) in [7, 11) is -0.0849. The van der Waals surface area contributed by atoms with Crippen LogP contribution in [0.15, 0.2) is 72.8 Å². The van der Waals surface area contributed by atoms with E-state index in [2.05, 4.69) is 100 Å². The van der Waals surface area contributed by atoms with Crippen LogP contribution in [0.3, 0.4) is 0 Å². The van der Waals surface area contributed by atoms with Gasteiger partial charge in [-0.3, -0.25) is 0 Å². The second-order valence-electron chi connectivity index (χ2n) is 10.5. The Balaban J connectivity index is 1.92. The van der Waals surface area contributed by atoms with Gasteiger partial charge in [-0.05, 0) is 63.6 Å². The highest BCUT2D eigenvalue weighted by Crippen LogP contribution is 2.61. The predicted octanol–water partition coefficient (Wildman–Crippen LogP) is 8.80. The molecule has 2 heteroatoms. The Morgan fingerprint density at radius 2 is 0.861 bits per heavy atom. The van der Waals surface area contributed by atoms with Crippen molar-refractivity contribution in [3.05, 3.63) is 89.5 Å². The SMILES string of the molecule is CCCCCCCCCCCC(OC)[P+](c1ccc(C)cc1)(c1ccc(C)cc1)c1ccc(C)cc1. The van der Waals surface area contributed by atoms with Crippen LogP contribution in [-0.4, -0.2) is 13.0 Å². The Morgan fingerprint density at radius 3 is 1.19 bits per heavy atom. The van der Waals surface area contributed by atoms with Crippen LogP contribution in [0.25, 0.3) is 0 Å². The van der Waals surface area contributed by atoms with Crippen molar-refractivity contribution in [1.82, 2.24) is 0 Å². The molecule has 0 saturated heterocycles. The largest absolute Gasteiger partial charge is 0.346 e. The van der Waals surface area contributed by atoms with E-state index >= 15 is 0 Å². The smallest absolute Gasteiger partial charge is 0.180 e. The van der Waals surface area contributed by atoms with E-state index in [4.69, 9.17) is 4.74 Å². The van der Waals surface area contributed by atoms with Crippen LogP contribution in [0, 0.1) is 20.8 Å². The van der Waals surface area contributed by atoms with Gasteiger partial charge in [0.1, 0.15) is 23.2 Å². The lowest BCUT2D eigenvalue weighted by Gasteiger charge is -2.34. The van der Waals surface area contributed by atoms with E-state index in [1.54, 1.807) is 0 Å². The zero-order chi connectivity index (χ0) is 25.8. The lowest BCUT2D eigenvalue weighted by molar-refractivity contribution is 0.158. The van der Waals surface area contributed by atoms with Crippen LogP contribution in [0.2, 0.25) is 0 Å². The maximum absolute atomic E-state index is 6.49. The lowest BCUT2D eigenvalue weighted by Crippen LogP contribution is -2.39. The van der Waals surface area contributed by atoms with Crippen molar-refractivity contribution in [1.29, 1.82) is 0 Å². The molecule has 3 aromatic carbocycles. The third kappa shape index (κ3) is 7.30. The fourth-order valence-corrected chi connectivity index (χ4v) is 10.0. The van der Waals surface area contributed by atoms with Crippen LogP contribution in [-0.2, 0) is 4.74 Å². The van der Waals surface area contributed by atoms with Gasteiger partial charge < -0.3 is 4.74 Å². The summed E-state index contributed by atoms with van der Waals surface area (Å²) in [4.78, 5) is 0. The topological polar surface area (TPSA) is 9.23 Å². The van der Waals surface area contributed by atoms with Crippen LogP contribution in [0.1, 0.15) is 87.8 Å². The fraction of sp³-hybridized carbons (Fsp3) is 0.471. The van der Waals surface area contributed by atoms with Crippen molar-refractivity contribution < 1.29 is 4.74 Å². The van der Waals surface area contributed by atoms with Gasteiger partial charge in [0.05, 0.1) is 0 Å². The summed E-state index contributed by atoms with van der Waals surface area (Å²) in [6, 6.07) is 27.9. The highest BCUT2D eigenvalue weighted by Gasteiger charge is 2.52. The van der Waals surface area contributed by atoms with Crippen molar-refractivity contribution in [3.63, 3.8) is 0 Å². The number of rotatable bonds is 15. The molecule has 0 aromatic heterocycles. The van der Waals surface area contributed by atoms with Gasteiger partial charge in [0.25, 0.3) is 0 Å². The van der Waals surface area contributed by atoms with Crippen LogP contribution in [0.4, 0.5) is 0 Å². The molecule has 0 fully saturated rings. The van der Waals surface area contributed by atoms with E-state index in [1.165, 1.54) is 90.4 Å². The summed E-state index contributed by atoms with van der Waals surface area (Å²) in [5.41, 5.74) is 3.91. The standard InChI is InChI=1S/C34H48OP/c1-6-7-8-9-10-11-12-13-14-15-34(35-5)36(31-22-16-28(2)17-23-31,32-24-18-29(3)19-25-32)33-26-20-30(4)21-27-33/h16-27,34H,6-15H2,1-5H3/q+1. The Hall–Kier alpha value is -1.95. The average molecular weight is 504 g/mol. The summed E-state index contributed by atoms with van der Waals surface area (Å²) in [5.74, 6) is 0.162. The van der Waals surface area contributed by atoms with Gasteiger partial charge in [-0.1, -0.05) is 111 Å². The number of benzene rings is 3. The van der Waals surface area contributed by atoms with Crippen molar-refractivity contribution in [2.45, 2.75) is 97.7 Å². The number of aryl methyl sites for hydroxylation is 3. The first-order chi connectivity index (χ1) is 17.5. The molecule has 0 radical (unpaired) electrons. The summed E-state index contributed by atoms with van der Waals surface area (Å²) >= 11 is 0. The molecule has 3 rings (SSSR count). The van der Waals surface area contributed by atoms with E-state index in [9.17, 15) is 0 Å². The molecule has 1 nitrogen and oxygen atoms in total. The average Bonchev–Trinajstić information content (AvgIpc) is 2.89. The van der Waals surface area contributed by atoms with E-state index in [-0.39, 0.29) is 5.85 Å². The van der Waals surface area contributed by atoms with Crippen molar-refractivity contribution >= 4 is 23.2 Å². The van der Waals surface area contributed by atoms with Gasteiger partial charge in [-0.2, -0.15) is 0 Å². The Morgan fingerprint density at radius 1 is 0.528 bits per heavy atom. The van der Waals surface area contributed by atoms with E-state index in [0.29, 0.717) is 0 Å². The molecule has 0 N–H and O–H groups in total. The monoisotopic (exact) mass is 503 g/mol. The number of ether oxygens (including phenoxy) is 1. The highest BCUT2D eigenvalue weighted by molar-refractivity contribution is 7.96. The number of methoxy groups -OCH3 is 1. The maximum Gasteiger partial charge on any atom is 0.180 e. The highest BCUT2D eigenvalue weighted by atomic mass is 31.2. The Kier molecular flexibility index (Phi) is 11.7. The van der Waals surface area contributed by atoms with Gasteiger partial charge in [0, 0.05) is 13.5 Å². The number of hydrogen-bond donors (Lipinski definition) is 0. The van der Waals surface area contributed by atoms with E-state index in [0.717, 1.165) is 6.42 Å². The summed E-state index contributed by atoms with van der Waals surface area (Å²) in [5, 5.41) is 4.26. The minimum absolute atomic E-state index is 0.162. The first-order valence-electron chi connectivity index (χ1n) is 14.2. The second-order valence-corrected chi connectivity index (χ2v) is 14.1. The number of unbranched alkanes of at least 4 members (excludes halogenated alkanes) is 8. The molecular weight excluding hydrogens is 455 g/mol. The molecule has 194 valence electrons. The molecule has 1 atom stereocenters. The summed E-state index contributed by atoms with van der Waals surface area (Å²) in [6.45, 7) is 8.83. The molecule has 0 bridgehead atoms. The predicted molar refractivity (Wildman–Crippen MR) is 162 cm³/mol.